The lowest BCUT2D eigenvalue weighted by molar-refractivity contribution is 0.0253. The minimum atomic E-state index is -2.92. The van der Waals surface area contributed by atoms with Gasteiger partial charge in [0.2, 0.25) is 0 Å². The molecular weight excluding hydrogens is 202 g/mol. The number of aromatic nitrogens is 2. The summed E-state index contributed by atoms with van der Waals surface area (Å²) in [6.07, 6.45) is 1.58. The van der Waals surface area contributed by atoms with Gasteiger partial charge >= 0.3 is 0 Å². The summed E-state index contributed by atoms with van der Waals surface area (Å²) in [6.45, 7) is 2.24. The van der Waals surface area contributed by atoms with Gasteiger partial charge in [-0.15, -0.1) is 0 Å². The Balaban J connectivity index is 2.69. The van der Waals surface area contributed by atoms with Gasteiger partial charge in [0.15, 0.2) is 0 Å². The summed E-state index contributed by atoms with van der Waals surface area (Å²) in [6, 6.07) is 0. The number of rotatable bonds is 4. The Labute approximate surface area is 86.9 Å². The van der Waals surface area contributed by atoms with E-state index in [1.807, 2.05) is 0 Å². The largest absolute Gasteiger partial charge is 0.362 e. The van der Waals surface area contributed by atoms with Crippen molar-refractivity contribution in [3.8, 4) is 0 Å². The molecule has 0 atom stereocenters. The highest BCUT2D eigenvalue weighted by atomic mass is 19.3. The zero-order valence-electron chi connectivity index (χ0n) is 8.72. The number of nitrogens with zero attached hydrogens (tertiary/aromatic N) is 2. The number of anilines is 1. The van der Waals surface area contributed by atoms with E-state index in [2.05, 4.69) is 15.3 Å². The van der Waals surface area contributed by atoms with Crippen LogP contribution in [0.2, 0.25) is 0 Å². The Kier molecular flexibility index (Phi) is 3.52. The number of alkyl halides is 2. The van der Waals surface area contributed by atoms with Crippen LogP contribution in [0, 0.1) is 13.8 Å². The third-order valence-corrected chi connectivity index (χ3v) is 1.89. The number of nitrogens with one attached hydrogen (secondary N) is 1. The minimum absolute atomic E-state index is 0.378. The predicted octanol–water partition coefficient (Wildman–Crippen LogP) is 1.10. The fourth-order valence-corrected chi connectivity index (χ4v) is 0.990. The van der Waals surface area contributed by atoms with E-state index in [0.717, 1.165) is 0 Å². The van der Waals surface area contributed by atoms with Gasteiger partial charge in [-0.3, -0.25) is 4.98 Å². The Morgan fingerprint density at radius 2 is 2.13 bits per heavy atom. The molecule has 0 amide bonds. The molecule has 15 heavy (non-hydrogen) atoms. The molecule has 0 radical (unpaired) electrons. The van der Waals surface area contributed by atoms with Gasteiger partial charge in [0.25, 0.3) is 5.92 Å². The van der Waals surface area contributed by atoms with E-state index in [1.165, 1.54) is 0 Å². The van der Waals surface area contributed by atoms with E-state index in [0.29, 0.717) is 17.2 Å². The average Bonchev–Trinajstić information content (AvgIpc) is 2.20. The van der Waals surface area contributed by atoms with E-state index in [9.17, 15) is 8.78 Å². The molecule has 0 saturated heterocycles. The first-order valence-electron chi connectivity index (χ1n) is 4.56. The summed E-state index contributed by atoms with van der Waals surface area (Å²) in [4.78, 5) is 8.07. The standard InChI is InChI=1S/C9H14F2N4/c1-6-3-13-7(2)8(15-6)14-5-9(10,11)4-12/h3H,4-5,12H2,1-2H3,(H,14,15). The van der Waals surface area contributed by atoms with Crippen molar-refractivity contribution < 1.29 is 8.78 Å². The highest BCUT2D eigenvalue weighted by Crippen LogP contribution is 2.14. The van der Waals surface area contributed by atoms with Crippen LogP contribution >= 0.6 is 0 Å². The lowest BCUT2D eigenvalue weighted by Gasteiger charge is -2.15. The summed E-state index contributed by atoms with van der Waals surface area (Å²) in [5.74, 6) is -2.54. The highest BCUT2D eigenvalue weighted by molar-refractivity contribution is 5.39. The van der Waals surface area contributed by atoms with Crippen LogP contribution in [0.4, 0.5) is 14.6 Å². The van der Waals surface area contributed by atoms with E-state index < -0.39 is 19.0 Å². The SMILES string of the molecule is Cc1cnc(C)c(NCC(F)(F)CN)n1. The molecule has 6 heteroatoms. The van der Waals surface area contributed by atoms with Gasteiger partial charge in [-0.25, -0.2) is 13.8 Å². The molecule has 1 rings (SSSR count). The van der Waals surface area contributed by atoms with Crippen LogP contribution in [0.5, 0.6) is 0 Å². The molecule has 0 bridgehead atoms. The zero-order chi connectivity index (χ0) is 11.5. The minimum Gasteiger partial charge on any atom is -0.362 e. The third-order valence-electron chi connectivity index (χ3n) is 1.89. The zero-order valence-corrected chi connectivity index (χ0v) is 8.72. The fraction of sp³-hybridized carbons (Fsp3) is 0.556. The second kappa shape index (κ2) is 4.48. The molecule has 84 valence electrons. The summed E-state index contributed by atoms with van der Waals surface area (Å²) in [7, 11) is 0. The van der Waals surface area contributed by atoms with E-state index in [1.54, 1.807) is 20.0 Å². The van der Waals surface area contributed by atoms with Crippen LogP contribution in [0.1, 0.15) is 11.4 Å². The molecule has 0 aliphatic heterocycles. The molecule has 0 saturated carbocycles. The first-order chi connectivity index (χ1) is 6.94. The van der Waals surface area contributed by atoms with Crippen LogP contribution < -0.4 is 11.1 Å². The van der Waals surface area contributed by atoms with Crippen molar-refractivity contribution in [3.63, 3.8) is 0 Å². The van der Waals surface area contributed by atoms with Crippen molar-refractivity contribution in [2.24, 2.45) is 5.73 Å². The maximum atomic E-state index is 12.8. The van der Waals surface area contributed by atoms with Crippen molar-refractivity contribution in [3.05, 3.63) is 17.6 Å². The molecule has 1 aromatic rings. The molecule has 1 heterocycles. The molecule has 3 N–H and O–H groups in total. The van der Waals surface area contributed by atoms with Crippen molar-refractivity contribution in [2.75, 3.05) is 18.4 Å². The quantitative estimate of drug-likeness (QED) is 0.791. The summed E-state index contributed by atoms with van der Waals surface area (Å²) >= 11 is 0. The monoisotopic (exact) mass is 216 g/mol. The molecule has 1 aromatic heterocycles. The number of nitrogens with two attached hydrogens (primary N) is 1. The Bertz CT molecular complexity index is 341. The highest BCUT2D eigenvalue weighted by Gasteiger charge is 2.26. The predicted molar refractivity (Wildman–Crippen MR) is 54.0 cm³/mol. The van der Waals surface area contributed by atoms with Gasteiger partial charge in [-0.1, -0.05) is 0 Å². The van der Waals surface area contributed by atoms with Crippen molar-refractivity contribution >= 4 is 5.82 Å². The number of aryl methyl sites for hydroxylation is 2. The molecule has 0 unspecified atom stereocenters. The molecule has 0 aromatic carbocycles. The lowest BCUT2D eigenvalue weighted by atomic mass is 10.3. The average molecular weight is 216 g/mol. The van der Waals surface area contributed by atoms with Crippen LogP contribution in [0.3, 0.4) is 0 Å². The molecule has 0 spiro atoms. The van der Waals surface area contributed by atoms with Crippen LogP contribution in [-0.4, -0.2) is 29.0 Å². The number of hydrogen-bond donors (Lipinski definition) is 2. The topological polar surface area (TPSA) is 63.8 Å². The van der Waals surface area contributed by atoms with Crippen molar-refractivity contribution in [1.82, 2.24) is 9.97 Å². The first kappa shape index (κ1) is 11.8. The number of hydrogen-bond acceptors (Lipinski definition) is 4. The van der Waals surface area contributed by atoms with E-state index in [4.69, 9.17) is 5.73 Å². The maximum Gasteiger partial charge on any atom is 0.276 e. The van der Waals surface area contributed by atoms with Gasteiger partial charge in [-0.05, 0) is 13.8 Å². The van der Waals surface area contributed by atoms with Crippen molar-refractivity contribution in [2.45, 2.75) is 19.8 Å². The summed E-state index contributed by atoms with van der Waals surface area (Å²) < 4.78 is 25.7. The summed E-state index contributed by atoms with van der Waals surface area (Å²) in [5.41, 5.74) is 6.18. The second-order valence-electron chi connectivity index (χ2n) is 3.36. The van der Waals surface area contributed by atoms with Crippen LogP contribution in [0.25, 0.3) is 0 Å². The molecule has 0 aliphatic carbocycles. The van der Waals surface area contributed by atoms with Crippen LogP contribution in [-0.2, 0) is 0 Å². The number of halogens is 2. The molecule has 0 aliphatic rings. The lowest BCUT2D eigenvalue weighted by Crippen LogP contribution is -2.35. The van der Waals surface area contributed by atoms with Crippen LogP contribution in [0.15, 0.2) is 6.20 Å². The normalized spacial score (nSPS) is 11.5. The molecular formula is C9H14F2N4. The Morgan fingerprint density at radius 3 is 2.73 bits per heavy atom. The van der Waals surface area contributed by atoms with Gasteiger partial charge in [0, 0.05) is 6.20 Å². The van der Waals surface area contributed by atoms with Gasteiger partial charge < -0.3 is 11.1 Å². The Hall–Kier alpha value is -1.30. The van der Waals surface area contributed by atoms with Crippen molar-refractivity contribution in [1.29, 1.82) is 0 Å². The summed E-state index contributed by atoms with van der Waals surface area (Å²) in [5, 5.41) is 2.54. The van der Waals surface area contributed by atoms with Gasteiger partial charge in [0.1, 0.15) is 5.82 Å². The second-order valence-corrected chi connectivity index (χ2v) is 3.36. The smallest absolute Gasteiger partial charge is 0.276 e. The van der Waals surface area contributed by atoms with E-state index >= 15 is 0 Å². The Morgan fingerprint density at radius 1 is 1.47 bits per heavy atom. The third kappa shape index (κ3) is 3.39. The van der Waals surface area contributed by atoms with Gasteiger partial charge in [0.05, 0.1) is 24.5 Å². The molecule has 4 nitrogen and oxygen atoms in total. The fourth-order valence-electron chi connectivity index (χ4n) is 0.990. The molecule has 0 fully saturated rings. The first-order valence-corrected chi connectivity index (χ1v) is 4.56. The van der Waals surface area contributed by atoms with E-state index in [-0.39, 0.29) is 0 Å². The maximum absolute atomic E-state index is 12.8. The van der Waals surface area contributed by atoms with Gasteiger partial charge in [-0.2, -0.15) is 0 Å².